The lowest BCUT2D eigenvalue weighted by atomic mass is 9.79. The molecule has 0 radical (unpaired) electrons. The van der Waals surface area contributed by atoms with Crippen molar-refractivity contribution in [1.29, 1.82) is 0 Å². The molecule has 2 heterocycles. The third-order valence-corrected chi connectivity index (χ3v) is 7.83. The Morgan fingerprint density at radius 1 is 1.03 bits per heavy atom. The SMILES string of the molecule is CCCCCCC(C)(C)c1cc(OC(=O)CCCN2CCOCC2)c2c3c(c(=O)oc2c1)CCC(=O)C3. The molecule has 2 aliphatic rings. The minimum atomic E-state index is -0.393. The number of hydrogen-bond donors (Lipinski definition) is 0. The van der Waals surface area contributed by atoms with Crippen LogP contribution in [0.3, 0.4) is 0 Å². The number of fused-ring (bicyclic) bond motifs is 3. The maximum atomic E-state index is 13.0. The zero-order chi connectivity index (χ0) is 26.4. The lowest BCUT2D eigenvalue weighted by Gasteiger charge is -2.27. The molecule has 1 saturated heterocycles. The molecule has 0 unspecified atom stereocenters. The summed E-state index contributed by atoms with van der Waals surface area (Å²) in [5.74, 6) is 0.178. The second kappa shape index (κ2) is 12.4. The van der Waals surface area contributed by atoms with Gasteiger partial charge in [0.2, 0.25) is 0 Å². The molecule has 37 heavy (non-hydrogen) atoms. The number of rotatable bonds is 11. The van der Waals surface area contributed by atoms with E-state index in [1.54, 1.807) is 0 Å². The van der Waals surface area contributed by atoms with Gasteiger partial charge in [-0.25, -0.2) is 4.79 Å². The predicted octanol–water partition coefficient (Wildman–Crippen LogP) is 5.12. The molecular formula is C30H41NO6. The number of morpholine rings is 1. The average Bonchev–Trinajstić information content (AvgIpc) is 2.87. The Balaban J connectivity index is 1.63. The molecule has 0 spiro atoms. The summed E-state index contributed by atoms with van der Waals surface area (Å²) in [5, 5.41) is 0.592. The fraction of sp³-hybridized carbons (Fsp3) is 0.633. The van der Waals surface area contributed by atoms with Crippen molar-refractivity contribution in [3.05, 3.63) is 39.2 Å². The number of carbonyl (C=O) groups excluding carboxylic acids is 2. The molecule has 1 aliphatic heterocycles. The molecule has 0 bridgehead atoms. The van der Waals surface area contributed by atoms with Gasteiger partial charge in [-0.05, 0) is 54.5 Å². The summed E-state index contributed by atoms with van der Waals surface area (Å²) < 4.78 is 17.2. The number of benzene rings is 1. The van der Waals surface area contributed by atoms with E-state index in [4.69, 9.17) is 13.9 Å². The molecule has 7 heteroatoms. The first-order valence-corrected chi connectivity index (χ1v) is 13.9. The maximum Gasteiger partial charge on any atom is 0.339 e. The summed E-state index contributed by atoms with van der Waals surface area (Å²) in [4.78, 5) is 40.4. The second-order valence-corrected chi connectivity index (χ2v) is 11.1. The fourth-order valence-corrected chi connectivity index (χ4v) is 5.46. The van der Waals surface area contributed by atoms with E-state index in [0.717, 1.165) is 51.3 Å². The van der Waals surface area contributed by atoms with E-state index >= 15 is 0 Å². The molecular weight excluding hydrogens is 470 g/mol. The van der Waals surface area contributed by atoms with Gasteiger partial charge in [-0.15, -0.1) is 0 Å². The highest BCUT2D eigenvalue weighted by atomic mass is 16.5. The van der Waals surface area contributed by atoms with Gasteiger partial charge in [0.1, 0.15) is 17.1 Å². The van der Waals surface area contributed by atoms with Crippen molar-refractivity contribution >= 4 is 22.7 Å². The Morgan fingerprint density at radius 3 is 2.57 bits per heavy atom. The van der Waals surface area contributed by atoms with Crippen LogP contribution in [-0.2, 0) is 32.6 Å². The van der Waals surface area contributed by atoms with Crippen LogP contribution in [0.1, 0.15) is 88.8 Å². The zero-order valence-corrected chi connectivity index (χ0v) is 22.7. The van der Waals surface area contributed by atoms with E-state index in [9.17, 15) is 14.4 Å². The van der Waals surface area contributed by atoms with E-state index in [-0.39, 0.29) is 23.6 Å². The molecule has 202 valence electrons. The summed E-state index contributed by atoms with van der Waals surface area (Å²) in [6, 6.07) is 3.84. The first kappa shape index (κ1) is 27.5. The van der Waals surface area contributed by atoms with Crippen molar-refractivity contribution in [2.24, 2.45) is 0 Å². The van der Waals surface area contributed by atoms with Gasteiger partial charge in [-0.3, -0.25) is 14.5 Å². The van der Waals surface area contributed by atoms with Gasteiger partial charge in [-0.2, -0.15) is 0 Å². The van der Waals surface area contributed by atoms with E-state index in [1.165, 1.54) is 19.3 Å². The van der Waals surface area contributed by atoms with Crippen LogP contribution in [0.5, 0.6) is 5.75 Å². The molecule has 1 aromatic heterocycles. The van der Waals surface area contributed by atoms with Crippen LogP contribution < -0.4 is 10.4 Å². The highest BCUT2D eigenvalue weighted by molar-refractivity contribution is 5.95. The number of carbonyl (C=O) groups is 2. The van der Waals surface area contributed by atoms with Gasteiger partial charge in [0, 0.05) is 37.9 Å². The minimum absolute atomic E-state index is 0.0857. The van der Waals surface area contributed by atoms with Gasteiger partial charge < -0.3 is 13.9 Å². The Kier molecular flexibility index (Phi) is 9.19. The van der Waals surface area contributed by atoms with E-state index < -0.39 is 5.63 Å². The summed E-state index contributed by atoms with van der Waals surface area (Å²) >= 11 is 0. The third kappa shape index (κ3) is 6.88. The summed E-state index contributed by atoms with van der Waals surface area (Å²) in [7, 11) is 0. The molecule has 4 rings (SSSR count). The standard InChI is InChI=1S/C30H41NO6/c1-4-5-6-7-12-30(2,3)21-18-25(36-27(33)9-8-13-31-14-16-35-17-15-31)28-24-20-22(32)10-11-23(24)29(34)37-26(28)19-21/h18-19H,4-17,20H2,1-3H3. The Hall–Kier alpha value is -2.51. The Labute approximate surface area is 219 Å². The topological polar surface area (TPSA) is 86.0 Å². The molecule has 1 aliphatic carbocycles. The molecule has 0 N–H and O–H groups in total. The molecule has 0 amide bonds. The van der Waals surface area contributed by atoms with Crippen molar-refractivity contribution in [2.45, 2.75) is 90.4 Å². The van der Waals surface area contributed by atoms with Crippen molar-refractivity contribution in [3.8, 4) is 5.75 Å². The highest BCUT2D eigenvalue weighted by Gasteiger charge is 2.28. The number of esters is 1. The molecule has 1 aromatic carbocycles. The smallest absolute Gasteiger partial charge is 0.339 e. The van der Waals surface area contributed by atoms with Crippen LogP contribution in [0.2, 0.25) is 0 Å². The summed E-state index contributed by atoms with van der Waals surface area (Å²) in [6.07, 6.45) is 7.48. The van der Waals surface area contributed by atoms with Crippen molar-refractivity contribution < 1.29 is 23.5 Å². The normalized spacial score (nSPS) is 16.7. The number of ketones is 1. The molecule has 2 aromatic rings. The number of ether oxygens (including phenoxy) is 2. The maximum absolute atomic E-state index is 13.0. The number of unbranched alkanes of at least 4 members (excludes halogenated alkanes) is 3. The summed E-state index contributed by atoms with van der Waals surface area (Å²) in [6.45, 7) is 10.6. The van der Waals surface area contributed by atoms with Crippen molar-refractivity contribution in [3.63, 3.8) is 0 Å². The lowest BCUT2D eigenvalue weighted by Crippen LogP contribution is -2.37. The largest absolute Gasteiger partial charge is 0.426 e. The van der Waals surface area contributed by atoms with Gasteiger partial charge in [0.25, 0.3) is 0 Å². The van der Waals surface area contributed by atoms with Crippen molar-refractivity contribution in [1.82, 2.24) is 4.90 Å². The number of Topliss-reactive ketones (excluding diaryl/α,β-unsaturated/α-hetero) is 1. The number of hydrogen-bond acceptors (Lipinski definition) is 7. The quantitative estimate of drug-likeness (QED) is 0.179. The van der Waals surface area contributed by atoms with Crippen LogP contribution >= 0.6 is 0 Å². The van der Waals surface area contributed by atoms with Gasteiger partial charge >= 0.3 is 11.6 Å². The van der Waals surface area contributed by atoms with Gasteiger partial charge in [0.15, 0.2) is 0 Å². The van der Waals surface area contributed by atoms with Crippen LogP contribution in [0, 0.1) is 0 Å². The van der Waals surface area contributed by atoms with Gasteiger partial charge in [-0.1, -0.05) is 46.5 Å². The first-order chi connectivity index (χ1) is 17.8. The molecule has 7 nitrogen and oxygen atoms in total. The molecule has 0 atom stereocenters. The van der Waals surface area contributed by atoms with E-state index in [2.05, 4.69) is 25.7 Å². The monoisotopic (exact) mass is 511 g/mol. The van der Waals surface area contributed by atoms with Crippen LogP contribution in [0.25, 0.3) is 11.0 Å². The van der Waals surface area contributed by atoms with Crippen LogP contribution in [0.4, 0.5) is 0 Å². The van der Waals surface area contributed by atoms with Crippen LogP contribution in [0.15, 0.2) is 21.3 Å². The first-order valence-electron chi connectivity index (χ1n) is 13.9. The van der Waals surface area contributed by atoms with Crippen molar-refractivity contribution in [2.75, 3.05) is 32.8 Å². The average molecular weight is 512 g/mol. The Bertz CT molecular complexity index is 1170. The van der Waals surface area contributed by atoms with Gasteiger partial charge in [0.05, 0.1) is 18.6 Å². The molecule has 0 saturated carbocycles. The lowest BCUT2D eigenvalue weighted by molar-refractivity contribution is -0.134. The van der Waals surface area contributed by atoms with E-state index in [1.807, 2.05) is 12.1 Å². The highest BCUT2D eigenvalue weighted by Crippen LogP contribution is 2.39. The molecule has 1 fully saturated rings. The fourth-order valence-electron chi connectivity index (χ4n) is 5.46. The summed E-state index contributed by atoms with van der Waals surface area (Å²) in [5.41, 5.74) is 1.97. The Morgan fingerprint density at radius 2 is 1.81 bits per heavy atom. The number of nitrogens with zero attached hydrogens (tertiary/aromatic N) is 1. The predicted molar refractivity (Wildman–Crippen MR) is 143 cm³/mol. The van der Waals surface area contributed by atoms with Crippen LogP contribution in [-0.4, -0.2) is 49.5 Å². The third-order valence-electron chi connectivity index (χ3n) is 7.83. The van der Waals surface area contributed by atoms with E-state index in [0.29, 0.717) is 53.5 Å². The zero-order valence-electron chi connectivity index (χ0n) is 22.7. The minimum Gasteiger partial charge on any atom is -0.426 e. The second-order valence-electron chi connectivity index (χ2n) is 11.1.